The van der Waals surface area contributed by atoms with E-state index in [0.717, 1.165) is 24.7 Å². The second kappa shape index (κ2) is 7.09. The Bertz CT molecular complexity index is 591. The highest BCUT2D eigenvalue weighted by molar-refractivity contribution is 5.67. The van der Waals surface area contributed by atoms with Gasteiger partial charge in [0.2, 0.25) is 0 Å². The van der Waals surface area contributed by atoms with Crippen molar-refractivity contribution in [3.8, 4) is 0 Å². The third-order valence-corrected chi connectivity index (χ3v) is 5.01. The first-order valence-corrected chi connectivity index (χ1v) is 8.34. The molecule has 118 valence electrons. The molecule has 0 fully saturated rings. The van der Waals surface area contributed by atoms with Gasteiger partial charge in [-0.3, -0.25) is 4.79 Å². The number of carbonyl (C=O) groups excluding carboxylic acids is 1. The molecule has 2 aliphatic carbocycles. The van der Waals surface area contributed by atoms with Crippen LogP contribution in [0.1, 0.15) is 59.8 Å². The van der Waals surface area contributed by atoms with Gasteiger partial charge in [-0.25, -0.2) is 0 Å². The van der Waals surface area contributed by atoms with Crippen LogP contribution < -0.4 is 0 Å². The van der Waals surface area contributed by atoms with Gasteiger partial charge in [-0.2, -0.15) is 0 Å². The molecule has 22 heavy (non-hydrogen) atoms. The van der Waals surface area contributed by atoms with Crippen LogP contribution in [-0.2, 0) is 4.79 Å². The van der Waals surface area contributed by atoms with Crippen LogP contribution in [0.2, 0.25) is 0 Å². The minimum absolute atomic E-state index is 0.298. The molecule has 0 saturated carbocycles. The maximum absolute atomic E-state index is 10.5. The molecular weight excluding hydrogens is 268 g/mol. The molecule has 0 atom stereocenters. The largest absolute Gasteiger partial charge is 0.299 e. The molecule has 1 heteroatoms. The fraction of sp³-hybridized carbons (Fsp3) is 0.476. The van der Waals surface area contributed by atoms with Gasteiger partial charge in [0.1, 0.15) is 6.29 Å². The fourth-order valence-electron chi connectivity index (χ4n) is 3.53. The lowest BCUT2D eigenvalue weighted by atomic mass is 9.72. The molecule has 1 nitrogen and oxygen atoms in total. The van der Waals surface area contributed by atoms with Gasteiger partial charge in [0.15, 0.2) is 0 Å². The molecule has 0 aromatic carbocycles. The molecule has 2 rings (SSSR count). The molecule has 2 aliphatic rings. The molecular formula is C21H28O. The first-order chi connectivity index (χ1) is 10.4. The fourth-order valence-corrected chi connectivity index (χ4v) is 3.53. The third kappa shape index (κ3) is 3.97. The lowest BCUT2D eigenvalue weighted by Crippen LogP contribution is -2.19. The normalized spacial score (nSPS) is 25.9. The van der Waals surface area contributed by atoms with E-state index in [9.17, 15) is 4.79 Å². The molecule has 0 spiro atoms. The van der Waals surface area contributed by atoms with Crippen molar-refractivity contribution in [3.05, 3.63) is 58.2 Å². The van der Waals surface area contributed by atoms with Crippen molar-refractivity contribution >= 4 is 6.29 Å². The Hall–Kier alpha value is -1.63. The average Bonchev–Trinajstić information content (AvgIpc) is 2.47. The van der Waals surface area contributed by atoms with Crippen LogP contribution in [0.3, 0.4) is 0 Å². The number of carbonyl (C=O) groups is 1. The quantitative estimate of drug-likeness (QED) is 0.471. The minimum atomic E-state index is 0.298. The molecule has 0 aliphatic heterocycles. The summed E-state index contributed by atoms with van der Waals surface area (Å²) in [5, 5.41) is 0. The Morgan fingerprint density at radius 2 is 1.95 bits per heavy atom. The van der Waals surface area contributed by atoms with E-state index in [-0.39, 0.29) is 0 Å². The van der Waals surface area contributed by atoms with E-state index in [2.05, 4.69) is 52.0 Å². The molecule has 0 radical (unpaired) electrons. The van der Waals surface area contributed by atoms with Gasteiger partial charge in [0, 0.05) is 0 Å². The second-order valence-electron chi connectivity index (χ2n) is 7.18. The molecule has 0 aromatic rings. The summed E-state index contributed by atoms with van der Waals surface area (Å²) in [6.45, 7) is 9.18. The molecule has 0 unspecified atom stereocenters. The van der Waals surface area contributed by atoms with Crippen molar-refractivity contribution in [3.63, 3.8) is 0 Å². The van der Waals surface area contributed by atoms with Gasteiger partial charge >= 0.3 is 0 Å². The molecule has 0 N–H and O–H groups in total. The number of aldehydes is 1. The van der Waals surface area contributed by atoms with E-state index < -0.39 is 0 Å². The summed E-state index contributed by atoms with van der Waals surface area (Å²) in [5.41, 5.74) is 7.20. The molecule has 0 aromatic heterocycles. The number of rotatable bonds is 3. The van der Waals surface area contributed by atoms with Crippen LogP contribution in [0.25, 0.3) is 0 Å². The van der Waals surface area contributed by atoms with Crippen molar-refractivity contribution in [2.75, 3.05) is 0 Å². The zero-order valence-electron chi connectivity index (χ0n) is 14.4. The van der Waals surface area contributed by atoms with Crippen LogP contribution >= 0.6 is 0 Å². The summed E-state index contributed by atoms with van der Waals surface area (Å²) < 4.78 is 0. The summed E-state index contributed by atoms with van der Waals surface area (Å²) in [6.07, 6.45) is 17.2. The van der Waals surface area contributed by atoms with Gasteiger partial charge < -0.3 is 0 Å². The highest BCUT2D eigenvalue weighted by atomic mass is 16.1. The lowest BCUT2D eigenvalue weighted by Gasteiger charge is -2.33. The first kappa shape index (κ1) is 16.7. The van der Waals surface area contributed by atoms with Crippen molar-refractivity contribution in [2.24, 2.45) is 5.41 Å². The molecule has 0 bridgehead atoms. The van der Waals surface area contributed by atoms with Gasteiger partial charge in [0.25, 0.3) is 0 Å². The molecule has 0 amide bonds. The summed E-state index contributed by atoms with van der Waals surface area (Å²) in [5.74, 6) is 0. The Kier molecular flexibility index (Phi) is 5.39. The zero-order chi connectivity index (χ0) is 16.2. The Balaban J connectivity index is 2.20. The van der Waals surface area contributed by atoms with Gasteiger partial charge in [0.05, 0.1) is 0 Å². The van der Waals surface area contributed by atoms with Crippen LogP contribution in [0.5, 0.6) is 0 Å². The zero-order valence-corrected chi connectivity index (χ0v) is 14.4. The smallest absolute Gasteiger partial charge is 0.143 e. The van der Waals surface area contributed by atoms with Crippen molar-refractivity contribution in [2.45, 2.75) is 59.8 Å². The van der Waals surface area contributed by atoms with E-state index in [4.69, 9.17) is 0 Å². The second-order valence-corrected chi connectivity index (χ2v) is 7.18. The maximum Gasteiger partial charge on any atom is 0.143 e. The topological polar surface area (TPSA) is 17.1 Å². The lowest BCUT2D eigenvalue weighted by molar-refractivity contribution is -0.104. The van der Waals surface area contributed by atoms with E-state index in [0.29, 0.717) is 5.41 Å². The Morgan fingerprint density at radius 3 is 2.55 bits per heavy atom. The standard InChI is InChI=1S/C21H28O/c1-16(19-10-8-18(9-11-19)13-15-22)7-12-20-17(2)6-5-14-21(20,3)4/h7-8,10,12-13,15H,5-6,9,11,14H2,1-4H3/b12-7+,18-13-,19-16+. The van der Waals surface area contributed by atoms with Crippen molar-refractivity contribution in [1.82, 2.24) is 0 Å². The Labute approximate surface area is 135 Å². The van der Waals surface area contributed by atoms with E-state index in [1.807, 2.05) is 0 Å². The predicted octanol–water partition coefficient (Wildman–Crippen LogP) is 5.86. The maximum atomic E-state index is 10.5. The summed E-state index contributed by atoms with van der Waals surface area (Å²) >= 11 is 0. The average molecular weight is 296 g/mol. The molecule has 0 saturated heterocycles. The van der Waals surface area contributed by atoms with E-state index >= 15 is 0 Å². The number of hydrogen-bond acceptors (Lipinski definition) is 1. The van der Waals surface area contributed by atoms with Gasteiger partial charge in [-0.05, 0) is 79.7 Å². The summed E-state index contributed by atoms with van der Waals surface area (Å²) in [4.78, 5) is 10.5. The van der Waals surface area contributed by atoms with E-state index in [1.54, 1.807) is 11.6 Å². The third-order valence-electron chi connectivity index (χ3n) is 5.01. The molecule has 0 heterocycles. The van der Waals surface area contributed by atoms with Gasteiger partial charge in [-0.1, -0.05) is 43.7 Å². The summed E-state index contributed by atoms with van der Waals surface area (Å²) in [6, 6.07) is 0. The van der Waals surface area contributed by atoms with Crippen LogP contribution in [0.4, 0.5) is 0 Å². The SMILES string of the molecule is CC1=C(/C=C/C(C)=C2C=C/C(=C/C=O)CC\2)C(C)(C)CCC1. The van der Waals surface area contributed by atoms with E-state index in [1.165, 1.54) is 36.0 Å². The highest BCUT2D eigenvalue weighted by Crippen LogP contribution is 2.41. The predicted molar refractivity (Wildman–Crippen MR) is 94.7 cm³/mol. The van der Waals surface area contributed by atoms with Crippen molar-refractivity contribution in [1.29, 1.82) is 0 Å². The summed E-state index contributed by atoms with van der Waals surface area (Å²) in [7, 11) is 0. The number of allylic oxidation sites excluding steroid dienone is 10. The highest BCUT2D eigenvalue weighted by Gasteiger charge is 2.26. The first-order valence-electron chi connectivity index (χ1n) is 8.34. The van der Waals surface area contributed by atoms with Gasteiger partial charge in [-0.15, -0.1) is 0 Å². The monoisotopic (exact) mass is 296 g/mol. The number of hydrogen-bond donors (Lipinski definition) is 0. The minimum Gasteiger partial charge on any atom is -0.299 e. The van der Waals surface area contributed by atoms with Crippen molar-refractivity contribution < 1.29 is 4.79 Å². The van der Waals surface area contributed by atoms with Crippen LogP contribution in [0.15, 0.2) is 58.2 Å². The van der Waals surface area contributed by atoms with Crippen LogP contribution in [0, 0.1) is 5.41 Å². The van der Waals surface area contributed by atoms with Crippen LogP contribution in [-0.4, -0.2) is 6.29 Å². The Morgan fingerprint density at radius 1 is 1.18 bits per heavy atom.